The Morgan fingerprint density at radius 1 is 0.842 bits per heavy atom. The predicted octanol–water partition coefficient (Wildman–Crippen LogP) is 4.38. The molecule has 0 spiro atoms. The summed E-state index contributed by atoms with van der Waals surface area (Å²) >= 11 is 0. The molecule has 0 saturated carbocycles. The normalized spacial score (nSPS) is 11.2. The van der Waals surface area contributed by atoms with E-state index < -0.39 is 0 Å². The number of rotatable bonds is 1. The van der Waals surface area contributed by atoms with Gasteiger partial charge in [-0.15, -0.1) is 0 Å². The second kappa shape index (κ2) is 3.95. The average Bonchev–Trinajstić information content (AvgIpc) is 2.90. The van der Waals surface area contributed by atoms with Crippen LogP contribution < -0.4 is 0 Å². The highest BCUT2D eigenvalue weighted by Crippen LogP contribution is 2.29. The van der Waals surface area contributed by atoms with E-state index in [-0.39, 0.29) is 0 Å². The van der Waals surface area contributed by atoms with Crippen LogP contribution >= 0.6 is 0 Å². The maximum absolute atomic E-state index is 4.18. The van der Waals surface area contributed by atoms with Crippen molar-refractivity contribution in [2.45, 2.75) is 0 Å². The van der Waals surface area contributed by atoms with Crippen molar-refractivity contribution in [3.05, 3.63) is 67.0 Å². The molecule has 19 heavy (non-hydrogen) atoms. The van der Waals surface area contributed by atoms with Gasteiger partial charge in [0.15, 0.2) is 0 Å². The molecule has 2 aromatic heterocycles. The van der Waals surface area contributed by atoms with E-state index in [4.69, 9.17) is 0 Å². The van der Waals surface area contributed by atoms with E-state index in [0.29, 0.717) is 0 Å². The van der Waals surface area contributed by atoms with E-state index in [1.54, 1.807) is 0 Å². The summed E-state index contributed by atoms with van der Waals surface area (Å²) in [6.45, 7) is 0. The molecule has 0 radical (unpaired) electrons. The van der Waals surface area contributed by atoms with Gasteiger partial charge in [0.25, 0.3) is 0 Å². The lowest BCUT2D eigenvalue weighted by molar-refractivity contribution is 1.36. The summed E-state index contributed by atoms with van der Waals surface area (Å²) in [5.74, 6) is 0. The summed E-state index contributed by atoms with van der Waals surface area (Å²) in [5, 5.41) is 3.63. The van der Waals surface area contributed by atoms with Gasteiger partial charge in [-0.3, -0.25) is 4.98 Å². The van der Waals surface area contributed by atoms with Crippen LogP contribution in [-0.2, 0) is 0 Å². The number of H-pyrrole nitrogens is 1. The summed E-state index contributed by atoms with van der Waals surface area (Å²) in [4.78, 5) is 7.66. The largest absolute Gasteiger partial charge is 0.355 e. The monoisotopic (exact) mass is 244 g/mol. The Morgan fingerprint density at radius 3 is 2.68 bits per heavy atom. The first kappa shape index (κ1) is 10.3. The van der Waals surface area contributed by atoms with Gasteiger partial charge in [-0.25, -0.2) is 0 Å². The number of nitrogens with zero attached hydrogens (tertiary/aromatic N) is 1. The zero-order valence-electron chi connectivity index (χ0n) is 10.3. The first-order valence-electron chi connectivity index (χ1n) is 6.33. The number of aromatic nitrogens is 2. The molecule has 2 heterocycles. The van der Waals surface area contributed by atoms with Crippen molar-refractivity contribution in [2.75, 3.05) is 0 Å². The quantitative estimate of drug-likeness (QED) is 0.528. The first-order valence-corrected chi connectivity index (χ1v) is 6.33. The molecule has 2 aromatic carbocycles. The van der Waals surface area contributed by atoms with E-state index in [9.17, 15) is 0 Å². The van der Waals surface area contributed by atoms with Gasteiger partial charge in [0, 0.05) is 39.9 Å². The fraction of sp³-hybridized carbons (Fsp3) is 0. The zero-order chi connectivity index (χ0) is 12.7. The van der Waals surface area contributed by atoms with Crippen LogP contribution in [0, 0.1) is 0 Å². The number of benzene rings is 2. The second-order valence-corrected chi connectivity index (χ2v) is 4.67. The van der Waals surface area contributed by atoms with Crippen molar-refractivity contribution in [3.8, 4) is 11.3 Å². The molecule has 0 fully saturated rings. The van der Waals surface area contributed by atoms with Gasteiger partial charge in [0.05, 0.1) is 0 Å². The topological polar surface area (TPSA) is 28.7 Å². The van der Waals surface area contributed by atoms with Gasteiger partial charge in [-0.1, -0.05) is 36.4 Å². The lowest BCUT2D eigenvalue weighted by Gasteiger charge is -2.03. The van der Waals surface area contributed by atoms with Crippen LogP contribution in [0.4, 0.5) is 0 Å². The van der Waals surface area contributed by atoms with Crippen LogP contribution in [0.25, 0.3) is 32.9 Å². The van der Waals surface area contributed by atoms with Crippen LogP contribution in [0.5, 0.6) is 0 Å². The van der Waals surface area contributed by atoms with Gasteiger partial charge >= 0.3 is 0 Å². The Hall–Kier alpha value is -2.61. The maximum Gasteiger partial charge on any atom is 0.0471 e. The minimum absolute atomic E-state index is 1.15. The molecule has 90 valence electrons. The highest BCUT2D eigenvalue weighted by Gasteiger charge is 2.06. The third-order valence-electron chi connectivity index (χ3n) is 3.50. The molecular weight excluding hydrogens is 232 g/mol. The number of nitrogens with one attached hydrogen (secondary N) is 1. The molecule has 0 amide bonds. The smallest absolute Gasteiger partial charge is 0.0471 e. The molecule has 0 atom stereocenters. The molecule has 0 aliphatic rings. The predicted molar refractivity (Wildman–Crippen MR) is 79.0 cm³/mol. The molecule has 2 heteroatoms. The second-order valence-electron chi connectivity index (χ2n) is 4.67. The molecule has 0 aliphatic heterocycles. The Bertz CT molecular complexity index is 836. The van der Waals surface area contributed by atoms with E-state index in [0.717, 1.165) is 5.69 Å². The average molecular weight is 244 g/mol. The van der Waals surface area contributed by atoms with Crippen LogP contribution in [0.3, 0.4) is 0 Å². The molecule has 0 aliphatic carbocycles. The van der Waals surface area contributed by atoms with Crippen LogP contribution in [0.2, 0.25) is 0 Å². The van der Waals surface area contributed by atoms with Crippen LogP contribution in [-0.4, -0.2) is 9.97 Å². The molecule has 0 unspecified atom stereocenters. The van der Waals surface area contributed by atoms with Crippen LogP contribution in [0.1, 0.15) is 0 Å². The summed E-state index contributed by atoms with van der Waals surface area (Å²) in [6.07, 6.45) is 3.75. The highest BCUT2D eigenvalue weighted by molar-refractivity contribution is 5.98. The summed E-state index contributed by atoms with van der Waals surface area (Å²) in [7, 11) is 0. The first-order chi connectivity index (χ1) is 9.42. The third-order valence-corrected chi connectivity index (χ3v) is 3.50. The SMILES string of the molecule is c1ccc2[nH]c(-c3cccc4cnccc34)cc2c1. The third kappa shape index (κ3) is 1.61. The number of aromatic amines is 1. The highest BCUT2D eigenvalue weighted by atomic mass is 14.7. The summed E-state index contributed by atoms with van der Waals surface area (Å²) in [5.41, 5.74) is 3.54. The molecule has 1 N–H and O–H groups in total. The van der Waals surface area contributed by atoms with Gasteiger partial charge in [0.2, 0.25) is 0 Å². The fourth-order valence-corrected chi connectivity index (χ4v) is 2.58. The van der Waals surface area contributed by atoms with Crippen molar-refractivity contribution >= 4 is 21.7 Å². The molecular formula is C17H12N2. The fourth-order valence-electron chi connectivity index (χ4n) is 2.58. The Kier molecular flexibility index (Phi) is 2.15. The molecule has 4 aromatic rings. The minimum Gasteiger partial charge on any atom is -0.355 e. The molecule has 0 bridgehead atoms. The molecule has 2 nitrogen and oxygen atoms in total. The Morgan fingerprint density at radius 2 is 1.74 bits per heavy atom. The van der Waals surface area contributed by atoms with Gasteiger partial charge < -0.3 is 4.98 Å². The maximum atomic E-state index is 4.18. The van der Waals surface area contributed by atoms with Crippen molar-refractivity contribution in [3.63, 3.8) is 0 Å². The van der Waals surface area contributed by atoms with E-state index in [1.165, 1.54) is 27.2 Å². The number of pyridine rings is 1. The molecule has 4 rings (SSSR count). The summed E-state index contributed by atoms with van der Waals surface area (Å²) < 4.78 is 0. The van der Waals surface area contributed by atoms with Gasteiger partial charge in [-0.05, 0) is 23.6 Å². The van der Waals surface area contributed by atoms with E-state index >= 15 is 0 Å². The van der Waals surface area contributed by atoms with E-state index in [1.807, 2.05) is 12.4 Å². The van der Waals surface area contributed by atoms with Crippen molar-refractivity contribution in [2.24, 2.45) is 0 Å². The van der Waals surface area contributed by atoms with Crippen molar-refractivity contribution < 1.29 is 0 Å². The number of para-hydroxylation sites is 1. The Labute approximate surface area is 110 Å². The van der Waals surface area contributed by atoms with E-state index in [2.05, 4.69) is 64.6 Å². The van der Waals surface area contributed by atoms with Gasteiger partial charge in [-0.2, -0.15) is 0 Å². The van der Waals surface area contributed by atoms with Gasteiger partial charge in [0.1, 0.15) is 0 Å². The minimum atomic E-state index is 1.15. The lowest BCUT2D eigenvalue weighted by Crippen LogP contribution is -1.81. The number of fused-ring (bicyclic) bond motifs is 2. The summed E-state index contributed by atoms with van der Waals surface area (Å²) in [6, 6.07) is 18.9. The number of hydrogen-bond donors (Lipinski definition) is 1. The molecule has 0 saturated heterocycles. The van der Waals surface area contributed by atoms with Crippen molar-refractivity contribution in [1.82, 2.24) is 9.97 Å². The standard InChI is InChI=1S/C17H12N2/c1-2-7-16-12(4-1)10-17(19-16)15-6-3-5-13-11-18-9-8-14(13)15/h1-11,19H. The Balaban J connectivity index is 2.03. The number of hydrogen-bond acceptors (Lipinski definition) is 1. The zero-order valence-corrected chi connectivity index (χ0v) is 10.3. The lowest BCUT2D eigenvalue weighted by atomic mass is 10.0. The van der Waals surface area contributed by atoms with Crippen molar-refractivity contribution in [1.29, 1.82) is 0 Å². The van der Waals surface area contributed by atoms with Crippen LogP contribution in [0.15, 0.2) is 67.0 Å².